The van der Waals surface area contributed by atoms with Gasteiger partial charge < -0.3 is 25.4 Å². The third kappa shape index (κ3) is 4.46. The second kappa shape index (κ2) is 8.40. The SMILES string of the molecule is COc1ccc(C(=O)N[C@@H]2CCCN(C(=O)C3CC3)C2)c(OCCN)c1. The van der Waals surface area contributed by atoms with Gasteiger partial charge in [-0.3, -0.25) is 9.59 Å². The molecule has 2 amide bonds. The minimum absolute atomic E-state index is 0.0385. The van der Waals surface area contributed by atoms with E-state index in [1.807, 2.05) is 4.90 Å². The van der Waals surface area contributed by atoms with Gasteiger partial charge in [-0.15, -0.1) is 0 Å². The van der Waals surface area contributed by atoms with Crippen molar-refractivity contribution in [1.82, 2.24) is 10.2 Å². The molecule has 26 heavy (non-hydrogen) atoms. The Kier molecular flexibility index (Phi) is 5.98. The maximum Gasteiger partial charge on any atom is 0.255 e. The lowest BCUT2D eigenvalue weighted by atomic mass is 10.0. The van der Waals surface area contributed by atoms with Crippen LogP contribution in [0.2, 0.25) is 0 Å². The summed E-state index contributed by atoms with van der Waals surface area (Å²) >= 11 is 0. The molecule has 2 aliphatic rings. The average molecular weight is 361 g/mol. The number of piperidine rings is 1. The van der Waals surface area contributed by atoms with Gasteiger partial charge in [-0.25, -0.2) is 0 Å². The lowest BCUT2D eigenvalue weighted by Gasteiger charge is -2.33. The molecule has 0 radical (unpaired) electrons. The van der Waals surface area contributed by atoms with Gasteiger partial charge in [-0.2, -0.15) is 0 Å². The number of rotatable bonds is 7. The number of carbonyl (C=O) groups excluding carboxylic acids is 2. The van der Waals surface area contributed by atoms with Gasteiger partial charge in [0.25, 0.3) is 5.91 Å². The van der Waals surface area contributed by atoms with Crippen LogP contribution in [0.1, 0.15) is 36.0 Å². The molecule has 3 rings (SSSR count). The lowest BCUT2D eigenvalue weighted by Crippen LogP contribution is -2.50. The largest absolute Gasteiger partial charge is 0.497 e. The summed E-state index contributed by atoms with van der Waals surface area (Å²) < 4.78 is 10.8. The van der Waals surface area contributed by atoms with Gasteiger partial charge in [0.2, 0.25) is 5.91 Å². The molecule has 7 nitrogen and oxygen atoms in total. The van der Waals surface area contributed by atoms with E-state index < -0.39 is 0 Å². The van der Waals surface area contributed by atoms with E-state index in [0.29, 0.717) is 36.8 Å². The number of hydrogen-bond acceptors (Lipinski definition) is 5. The molecule has 3 N–H and O–H groups in total. The van der Waals surface area contributed by atoms with E-state index in [2.05, 4.69) is 5.32 Å². The van der Waals surface area contributed by atoms with Crippen molar-refractivity contribution >= 4 is 11.8 Å². The first-order chi connectivity index (χ1) is 12.6. The normalized spacial score (nSPS) is 19.8. The van der Waals surface area contributed by atoms with Crippen molar-refractivity contribution in [1.29, 1.82) is 0 Å². The predicted octanol–water partition coefficient (Wildman–Crippen LogP) is 1.16. The summed E-state index contributed by atoms with van der Waals surface area (Å²) in [7, 11) is 1.56. The summed E-state index contributed by atoms with van der Waals surface area (Å²) in [6, 6.07) is 5.07. The van der Waals surface area contributed by atoms with Gasteiger partial charge in [0.05, 0.1) is 12.7 Å². The van der Waals surface area contributed by atoms with Crippen LogP contribution in [0.3, 0.4) is 0 Å². The quantitative estimate of drug-likeness (QED) is 0.760. The Morgan fingerprint density at radius 2 is 2.12 bits per heavy atom. The summed E-state index contributed by atoms with van der Waals surface area (Å²) in [6.45, 7) is 2.05. The van der Waals surface area contributed by atoms with Crippen LogP contribution in [-0.4, -0.2) is 56.1 Å². The number of nitrogens with one attached hydrogen (secondary N) is 1. The molecule has 1 saturated carbocycles. The summed E-state index contributed by atoms with van der Waals surface area (Å²) in [5, 5.41) is 3.05. The van der Waals surface area contributed by atoms with Crippen molar-refractivity contribution in [3.05, 3.63) is 23.8 Å². The Hall–Kier alpha value is -2.28. The van der Waals surface area contributed by atoms with Crippen molar-refractivity contribution in [3.8, 4) is 11.5 Å². The summed E-state index contributed by atoms with van der Waals surface area (Å²) in [6.07, 6.45) is 3.78. The van der Waals surface area contributed by atoms with Gasteiger partial charge in [0, 0.05) is 37.7 Å². The zero-order valence-corrected chi connectivity index (χ0v) is 15.2. The Morgan fingerprint density at radius 1 is 1.31 bits per heavy atom. The Morgan fingerprint density at radius 3 is 2.81 bits per heavy atom. The second-order valence-corrected chi connectivity index (χ2v) is 6.87. The summed E-state index contributed by atoms with van der Waals surface area (Å²) in [5.74, 6) is 1.31. The number of nitrogens with zero attached hydrogens (tertiary/aromatic N) is 1. The molecule has 1 atom stereocenters. The molecular weight excluding hydrogens is 334 g/mol. The molecule has 1 aliphatic heterocycles. The topological polar surface area (TPSA) is 93.9 Å². The molecule has 7 heteroatoms. The molecule has 1 aliphatic carbocycles. The first kappa shape index (κ1) is 18.5. The van der Waals surface area contributed by atoms with E-state index in [1.165, 1.54) is 0 Å². The molecule has 1 heterocycles. The maximum absolute atomic E-state index is 12.8. The number of ether oxygens (including phenoxy) is 2. The highest BCUT2D eigenvalue weighted by atomic mass is 16.5. The molecule has 0 bridgehead atoms. The Bertz CT molecular complexity index is 660. The van der Waals surface area contributed by atoms with Crippen LogP contribution in [-0.2, 0) is 4.79 Å². The minimum Gasteiger partial charge on any atom is -0.497 e. The molecule has 142 valence electrons. The van der Waals surface area contributed by atoms with Gasteiger partial charge in [-0.1, -0.05) is 0 Å². The molecule has 0 aromatic heterocycles. The van der Waals surface area contributed by atoms with Crippen LogP contribution in [0, 0.1) is 5.92 Å². The highest BCUT2D eigenvalue weighted by Crippen LogP contribution is 2.32. The molecule has 0 spiro atoms. The zero-order chi connectivity index (χ0) is 18.5. The molecule has 1 saturated heterocycles. The monoisotopic (exact) mass is 361 g/mol. The second-order valence-electron chi connectivity index (χ2n) is 6.87. The first-order valence-electron chi connectivity index (χ1n) is 9.23. The number of hydrogen-bond donors (Lipinski definition) is 2. The van der Waals surface area contributed by atoms with Gasteiger partial charge in [0.1, 0.15) is 18.1 Å². The molecule has 1 aromatic rings. The average Bonchev–Trinajstić information content (AvgIpc) is 3.50. The third-order valence-electron chi connectivity index (χ3n) is 4.80. The smallest absolute Gasteiger partial charge is 0.255 e. The Balaban J connectivity index is 1.65. The summed E-state index contributed by atoms with van der Waals surface area (Å²) in [4.78, 5) is 26.9. The van der Waals surface area contributed by atoms with Crippen LogP contribution >= 0.6 is 0 Å². The van der Waals surface area contributed by atoms with Crippen LogP contribution in [0.5, 0.6) is 11.5 Å². The van der Waals surface area contributed by atoms with Crippen LogP contribution in [0.25, 0.3) is 0 Å². The van der Waals surface area contributed by atoms with E-state index in [0.717, 1.165) is 32.2 Å². The standard InChI is InChI=1S/C19H27N3O4/c1-25-15-6-7-16(17(11-15)26-10-8-20)18(23)21-14-3-2-9-22(12-14)19(24)13-4-5-13/h6-7,11,13-14H,2-5,8-10,12,20H2,1H3,(H,21,23)/t14-/m1/s1. The highest BCUT2D eigenvalue weighted by molar-refractivity contribution is 5.97. The fourth-order valence-electron chi connectivity index (χ4n) is 3.25. The first-order valence-corrected chi connectivity index (χ1v) is 9.23. The van der Waals surface area contributed by atoms with E-state index >= 15 is 0 Å². The maximum atomic E-state index is 12.8. The number of amides is 2. The van der Waals surface area contributed by atoms with Crippen molar-refractivity contribution in [3.63, 3.8) is 0 Å². The van der Waals surface area contributed by atoms with Gasteiger partial charge in [-0.05, 0) is 37.8 Å². The third-order valence-corrected chi connectivity index (χ3v) is 4.80. The molecular formula is C19H27N3O4. The van der Waals surface area contributed by atoms with E-state index in [9.17, 15) is 9.59 Å². The Labute approximate surface area is 153 Å². The van der Waals surface area contributed by atoms with E-state index in [1.54, 1.807) is 25.3 Å². The number of methoxy groups -OCH3 is 1. The van der Waals surface area contributed by atoms with E-state index in [4.69, 9.17) is 15.2 Å². The van der Waals surface area contributed by atoms with E-state index in [-0.39, 0.29) is 23.8 Å². The van der Waals surface area contributed by atoms with Gasteiger partial charge in [0.15, 0.2) is 0 Å². The van der Waals surface area contributed by atoms with Crippen molar-refractivity contribution in [2.45, 2.75) is 31.7 Å². The van der Waals surface area contributed by atoms with Crippen molar-refractivity contribution in [2.75, 3.05) is 33.4 Å². The predicted molar refractivity (Wildman–Crippen MR) is 97.3 cm³/mol. The van der Waals surface area contributed by atoms with Crippen molar-refractivity contribution < 1.29 is 19.1 Å². The van der Waals surface area contributed by atoms with Crippen LogP contribution in [0.4, 0.5) is 0 Å². The molecule has 0 unspecified atom stereocenters. The lowest BCUT2D eigenvalue weighted by molar-refractivity contribution is -0.133. The fraction of sp³-hybridized carbons (Fsp3) is 0.579. The number of benzene rings is 1. The number of carbonyl (C=O) groups is 2. The van der Waals surface area contributed by atoms with Crippen LogP contribution in [0.15, 0.2) is 18.2 Å². The number of likely N-dealkylation sites (tertiary alicyclic amines) is 1. The highest BCUT2D eigenvalue weighted by Gasteiger charge is 2.35. The molecule has 1 aromatic carbocycles. The van der Waals surface area contributed by atoms with Crippen molar-refractivity contribution in [2.24, 2.45) is 11.7 Å². The molecule has 2 fully saturated rings. The zero-order valence-electron chi connectivity index (χ0n) is 15.2. The summed E-state index contributed by atoms with van der Waals surface area (Å²) in [5.41, 5.74) is 5.95. The fourth-order valence-corrected chi connectivity index (χ4v) is 3.25. The van der Waals surface area contributed by atoms with Crippen LogP contribution < -0.4 is 20.5 Å². The van der Waals surface area contributed by atoms with Gasteiger partial charge >= 0.3 is 0 Å². The minimum atomic E-state index is -0.203. The number of nitrogens with two attached hydrogens (primary N) is 1.